The number of aromatic hydroxyl groups is 1. The quantitative estimate of drug-likeness (QED) is 0.601. The van der Waals surface area contributed by atoms with Gasteiger partial charge in [-0.15, -0.1) is 0 Å². The van der Waals surface area contributed by atoms with Crippen molar-refractivity contribution in [2.75, 3.05) is 0 Å². The van der Waals surface area contributed by atoms with E-state index < -0.39 is 5.56 Å². The largest absolute Gasteiger partial charge is 0.507 e. The second kappa shape index (κ2) is 2.81. The van der Waals surface area contributed by atoms with Gasteiger partial charge in [-0.05, 0) is 13.8 Å². The predicted octanol–water partition coefficient (Wildman–Crippen LogP) is 0.592. The second-order valence-corrected chi connectivity index (χ2v) is 2.58. The summed E-state index contributed by atoms with van der Waals surface area (Å²) < 4.78 is 0. The van der Waals surface area contributed by atoms with Gasteiger partial charge in [-0.1, -0.05) is 0 Å². The number of pyridine rings is 1. The third-order valence-corrected chi connectivity index (χ3v) is 1.56. The van der Waals surface area contributed by atoms with Gasteiger partial charge in [0.2, 0.25) is 0 Å². The summed E-state index contributed by atoms with van der Waals surface area (Å²) in [6.07, 6.45) is 0. The first-order valence-electron chi connectivity index (χ1n) is 3.46. The zero-order valence-corrected chi connectivity index (χ0v) is 6.84. The van der Waals surface area contributed by atoms with Gasteiger partial charge in [0.25, 0.3) is 5.56 Å². The SMILES string of the molecule is CC(=O)c1c(O)cc(=O)[nH]c1C. The summed E-state index contributed by atoms with van der Waals surface area (Å²) >= 11 is 0. The fourth-order valence-electron chi connectivity index (χ4n) is 1.12. The number of rotatable bonds is 1. The highest BCUT2D eigenvalue weighted by atomic mass is 16.3. The van der Waals surface area contributed by atoms with Crippen LogP contribution in [0.4, 0.5) is 0 Å². The van der Waals surface area contributed by atoms with Crippen molar-refractivity contribution in [3.05, 3.63) is 27.7 Å². The van der Waals surface area contributed by atoms with Crippen LogP contribution < -0.4 is 5.56 Å². The van der Waals surface area contributed by atoms with Crippen molar-refractivity contribution in [3.63, 3.8) is 0 Å². The Morgan fingerprint density at radius 1 is 1.58 bits per heavy atom. The van der Waals surface area contributed by atoms with Gasteiger partial charge in [0.1, 0.15) is 5.75 Å². The molecular weight excluding hydrogens is 158 g/mol. The lowest BCUT2D eigenvalue weighted by Gasteiger charge is -2.02. The van der Waals surface area contributed by atoms with Crippen molar-refractivity contribution >= 4 is 5.78 Å². The van der Waals surface area contributed by atoms with Gasteiger partial charge in [0.15, 0.2) is 5.78 Å². The van der Waals surface area contributed by atoms with Crippen LogP contribution >= 0.6 is 0 Å². The van der Waals surface area contributed by atoms with Gasteiger partial charge in [-0.25, -0.2) is 0 Å². The monoisotopic (exact) mass is 167 g/mol. The Morgan fingerprint density at radius 3 is 2.58 bits per heavy atom. The molecule has 0 atom stereocenters. The molecule has 2 N–H and O–H groups in total. The molecule has 0 saturated carbocycles. The first-order chi connectivity index (χ1) is 5.52. The van der Waals surface area contributed by atoms with E-state index in [1.54, 1.807) is 6.92 Å². The number of hydrogen-bond donors (Lipinski definition) is 2. The molecule has 0 unspecified atom stereocenters. The van der Waals surface area contributed by atoms with Gasteiger partial charge in [-0.2, -0.15) is 0 Å². The van der Waals surface area contributed by atoms with Gasteiger partial charge in [0, 0.05) is 11.8 Å². The fourth-order valence-corrected chi connectivity index (χ4v) is 1.12. The molecule has 1 aromatic heterocycles. The molecule has 64 valence electrons. The summed E-state index contributed by atoms with van der Waals surface area (Å²) in [5.74, 6) is -0.523. The Kier molecular flexibility index (Phi) is 1.99. The van der Waals surface area contributed by atoms with Crippen molar-refractivity contribution in [1.82, 2.24) is 4.98 Å². The lowest BCUT2D eigenvalue weighted by atomic mass is 10.1. The van der Waals surface area contributed by atoms with Crippen LogP contribution in [0, 0.1) is 6.92 Å². The number of aryl methyl sites for hydroxylation is 1. The van der Waals surface area contributed by atoms with Crippen molar-refractivity contribution in [1.29, 1.82) is 0 Å². The van der Waals surface area contributed by atoms with Crippen LogP contribution in [0.1, 0.15) is 23.0 Å². The number of Topliss-reactive ketones (excluding diaryl/α,β-unsaturated/α-hetero) is 1. The van der Waals surface area contributed by atoms with E-state index in [1.807, 2.05) is 0 Å². The summed E-state index contributed by atoms with van der Waals surface area (Å²) in [7, 11) is 0. The summed E-state index contributed by atoms with van der Waals surface area (Å²) in [5.41, 5.74) is 0.164. The summed E-state index contributed by atoms with van der Waals surface area (Å²) in [5, 5.41) is 9.20. The Bertz CT molecular complexity index is 352. The van der Waals surface area contributed by atoms with E-state index >= 15 is 0 Å². The number of carbonyl (C=O) groups excluding carboxylic acids is 1. The first kappa shape index (κ1) is 8.52. The first-order valence-corrected chi connectivity index (χ1v) is 3.46. The number of ketones is 1. The molecular formula is C8H9NO3. The Hall–Kier alpha value is -1.58. The van der Waals surface area contributed by atoms with Crippen LogP contribution in [0.5, 0.6) is 5.75 Å². The molecule has 0 saturated heterocycles. The number of aromatic amines is 1. The molecule has 1 heterocycles. The third-order valence-electron chi connectivity index (χ3n) is 1.56. The average Bonchev–Trinajstić information content (AvgIpc) is 1.82. The lowest BCUT2D eigenvalue weighted by Crippen LogP contribution is -2.10. The van der Waals surface area contributed by atoms with Gasteiger partial charge in [-0.3, -0.25) is 9.59 Å². The van der Waals surface area contributed by atoms with E-state index in [1.165, 1.54) is 6.92 Å². The zero-order chi connectivity index (χ0) is 9.30. The molecule has 0 aliphatic heterocycles. The minimum Gasteiger partial charge on any atom is -0.507 e. The maximum absolute atomic E-state index is 10.9. The maximum Gasteiger partial charge on any atom is 0.251 e. The van der Waals surface area contributed by atoms with Crippen molar-refractivity contribution in [3.8, 4) is 5.75 Å². The highest BCUT2D eigenvalue weighted by molar-refractivity contribution is 5.97. The van der Waals surface area contributed by atoms with E-state index in [2.05, 4.69) is 4.98 Å². The van der Waals surface area contributed by atoms with Crippen molar-refractivity contribution < 1.29 is 9.90 Å². The van der Waals surface area contributed by atoms with Crippen LogP contribution in [0.15, 0.2) is 10.9 Å². The minimum atomic E-state index is -0.407. The predicted molar refractivity (Wildman–Crippen MR) is 43.5 cm³/mol. The Morgan fingerprint density at radius 2 is 2.17 bits per heavy atom. The topological polar surface area (TPSA) is 70.2 Å². The molecule has 0 aliphatic rings. The van der Waals surface area contributed by atoms with Gasteiger partial charge in [0.05, 0.1) is 5.56 Å². The van der Waals surface area contributed by atoms with Crippen LogP contribution in [0.25, 0.3) is 0 Å². The normalized spacial score (nSPS) is 9.83. The van der Waals surface area contributed by atoms with E-state index in [-0.39, 0.29) is 17.1 Å². The standard InChI is InChI=1S/C8H9NO3/c1-4-8(5(2)10)6(11)3-7(12)9-4/h3H,1-2H3,(H2,9,11,12). The second-order valence-electron chi connectivity index (χ2n) is 2.58. The lowest BCUT2D eigenvalue weighted by molar-refractivity contribution is 0.101. The molecule has 0 spiro atoms. The number of aromatic nitrogens is 1. The maximum atomic E-state index is 10.9. The minimum absolute atomic E-state index is 0.176. The molecule has 4 heteroatoms. The van der Waals surface area contributed by atoms with Crippen LogP contribution in [-0.2, 0) is 0 Å². The smallest absolute Gasteiger partial charge is 0.251 e. The third kappa shape index (κ3) is 1.37. The number of hydrogen-bond acceptors (Lipinski definition) is 3. The van der Waals surface area contributed by atoms with Crippen molar-refractivity contribution in [2.24, 2.45) is 0 Å². The molecule has 0 radical (unpaired) electrons. The Balaban J connectivity index is 3.48. The molecule has 0 aliphatic carbocycles. The molecule has 0 aromatic carbocycles. The summed E-state index contributed by atoms with van der Waals surface area (Å²) in [6, 6.07) is 0.990. The summed E-state index contributed by atoms with van der Waals surface area (Å²) in [4.78, 5) is 24.1. The van der Waals surface area contributed by atoms with Gasteiger partial charge >= 0.3 is 0 Å². The van der Waals surface area contributed by atoms with E-state index in [0.717, 1.165) is 6.07 Å². The molecule has 12 heavy (non-hydrogen) atoms. The highest BCUT2D eigenvalue weighted by Crippen LogP contribution is 2.16. The molecule has 0 amide bonds. The van der Waals surface area contributed by atoms with Gasteiger partial charge < -0.3 is 10.1 Å². The molecule has 0 fully saturated rings. The van der Waals surface area contributed by atoms with E-state index in [9.17, 15) is 14.7 Å². The zero-order valence-electron chi connectivity index (χ0n) is 6.84. The Labute approximate surface area is 68.9 Å². The van der Waals surface area contributed by atoms with Crippen LogP contribution in [0.2, 0.25) is 0 Å². The van der Waals surface area contributed by atoms with E-state index in [0.29, 0.717) is 5.69 Å². The molecule has 1 rings (SSSR count). The summed E-state index contributed by atoms with van der Waals surface area (Å²) in [6.45, 7) is 2.90. The fraction of sp³-hybridized carbons (Fsp3) is 0.250. The van der Waals surface area contributed by atoms with Crippen LogP contribution in [-0.4, -0.2) is 15.9 Å². The average molecular weight is 167 g/mol. The number of carbonyl (C=O) groups is 1. The van der Waals surface area contributed by atoms with Crippen molar-refractivity contribution in [2.45, 2.75) is 13.8 Å². The molecule has 4 nitrogen and oxygen atoms in total. The number of H-pyrrole nitrogens is 1. The molecule has 0 bridgehead atoms. The highest BCUT2D eigenvalue weighted by Gasteiger charge is 2.10. The van der Waals surface area contributed by atoms with E-state index in [4.69, 9.17) is 0 Å². The molecule has 1 aromatic rings. The van der Waals surface area contributed by atoms with Crippen LogP contribution in [0.3, 0.4) is 0 Å². The number of nitrogens with one attached hydrogen (secondary N) is 1.